The van der Waals surface area contributed by atoms with Gasteiger partial charge in [0.25, 0.3) is 0 Å². The van der Waals surface area contributed by atoms with Gasteiger partial charge in [0.15, 0.2) is 5.13 Å². The molecule has 1 atom stereocenters. The maximum absolute atomic E-state index is 5.66. The van der Waals surface area contributed by atoms with Crippen LogP contribution in [-0.4, -0.2) is 36.3 Å². The van der Waals surface area contributed by atoms with E-state index in [0.717, 1.165) is 48.6 Å². The zero-order valence-electron chi connectivity index (χ0n) is 15.4. The predicted octanol–water partition coefficient (Wildman–Crippen LogP) is 4.04. The largest absolute Gasteiger partial charge is 0.380 e. The Kier molecular flexibility index (Phi) is 5.77. The minimum absolute atomic E-state index is 0.496. The average Bonchev–Trinajstić information content (AvgIpc) is 2.98. The molecule has 3 aromatic rings. The van der Waals surface area contributed by atoms with E-state index in [1.165, 1.54) is 16.7 Å². The Morgan fingerprint density at radius 1 is 1.22 bits per heavy atom. The first-order chi connectivity index (χ1) is 13.3. The number of benzene rings is 1. The quantitative estimate of drug-likeness (QED) is 0.700. The summed E-state index contributed by atoms with van der Waals surface area (Å²) < 4.78 is 5.66. The molecule has 5 nitrogen and oxygen atoms in total. The highest BCUT2D eigenvalue weighted by atomic mass is 32.1. The molecule has 0 aliphatic carbocycles. The van der Waals surface area contributed by atoms with Gasteiger partial charge in [-0.25, -0.2) is 9.97 Å². The normalized spacial score (nSPS) is 17.4. The van der Waals surface area contributed by atoms with E-state index in [1.54, 1.807) is 11.3 Å². The van der Waals surface area contributed by atoms with E-state index in [-0.39, 0.29) is 0 Å². The van der Waals surface area contributed by atoms with Crippen molar-refractivity contribution in [2.24, 2.45) is 5.92 Å². The molecule has 3 heterocycles. The second-order valence-corrected chi connectivity index (χ2v) is 7.95. The smallest absolute Gasteiger partial charge is 0.188 e. The van der Waals surface area contributed by atoms with Crippen molar-refractivity contribution in [2.45, 2.75) is 13.3 Å². The summed E-state index contributed by atoms with van der Waals surface area (Å²) >= 11 is 1.64. The Hall–Kier alpha value is -2.28. The monoisotopic (exact) mass is 380 g/mol. The highest BCUT2D eigenvalue weighted by molar-refractivity contribution is 7.18. The summed E-state index contributed by atoms with van der Waals surface area (Å²) in [5, 5.41) is 7.63. The first-order valence-corrected chi connectivity index (χ1v) is 10.1. The van der Waals surface area contributed by atoms with Gasteiger partial charge >= 0.3 is 0 Å². The van der Waals surface area contributed by atoms with Crippen LogP contribution in [0.3, 0.4) is 0 Å². The Balaban J connectivity index is 1.43. The van der Waals surface area contributed by atoms with Crippen molar-refractivity contribution in [3.05, 3.63) is 59.9 Å². The van der Waals surface area contributed by atoms with Gasteiger partial charge in [0.2, 0.25) is 0 Å². The maximum Gasteiger partial charge on any atom is 0.188 e. The van der Waals surface area contributed by atoms with Gasteiger partial charge in [0.05, 0.1) is 18.1 Å². The molecule has 1 aliphatic rings. The molecule has 1 aliphatic heterocycles. The third kappa shape index (κ3) is 4.91. The molecule has 6 heteroatoms. The summed E-state index contributed by atoms with van der Waals surface area (Å²) in [4.78, 5) is 10.1. The lowest BCUT2D eigenvalue weighted by molar-refractivity contribution is 0.123. The van der Waals surface area contributed by atoms with Crippen LogP contribution in [0.25, 0.3) is 10.4 Å². The minimum atomic E-state index is 0.496. The molecule has 2 N–H and O–H groups in total. The van der Waals surface area contributed by atoms with E-state index in [9.17, 15) is 0 Å². The lowest BCUT2D eigenvalue weighted by atomic mass is 10.0. The first kappa shape index (κ1) is 18.1. The number of aromatic nitrogens is 2. The molecule has 4 rings (SSSR count). The fraction of sp³-hybridized carbons (Fsp3) is 0.333. The van der Waals surface area contributed by atoms with Gasteiger partial charge in [-0.05, 0) is 42.5 Å². The number of ether oxygens (including phenoxy) is 1. The summed E-state index contributed by atoms with van der Waals surface area (Å²) in [5.41, 5.74) is 3.71. The van der Waals surface area contributed by atoms with Crippen molar-refractivity contribution >= 4 is 22.3 Å². The molecule has 2 aromatic heterocycles. The zero-order valence-corrected chi connectivity index (χ0v) is 16.3. The summed E-state index contributed by atoms with van der Waals surface area (Å²) in [7, 11) is 0. The molecule has 0 saturated carbocycles. The highest BCUT2D eigenvalue weighted by Gasteiger charge is 2.13. The van der Waals surface area contributed by atoms with E-state index in [0.29, 0.717) is 5.92 Å². The molecular weight excluding hydrogens is 356 g/mol. The van der Waals surface area contributed by atoms with Crippen molar-refractivity contribution in [3.63, 3.8) is 0 Å². The average molecular weight is 381 g/mol. The molecule has 27 heavy (non-hydrogen) atoms. The van der Waals surface area contributed by atoms with E-state index in [1.807, 2.05) is 12.4 Å². The van der Waals surface area contributed by atoms with Gasteiger partial charge in [-0.2, -0.15) is 0 Å². The highest BCUT2D eigenvalue weighted by Crippen LogP contribution is 2.30. The van der Waals surface area contributed by atoms with Crippen LogP contribution in [-0.2, 0) is 11.2 Å². The van der Waals surface area contributed by atoms with Gasteiger partial charge in [-0.1, -0.05) is 41.2 Å². The Morgan fingerprint density at radius 2 is 2.11 bits per heavy atom. The number of rotatable bonds is 5. The van der Waals surface area contributed by atoms with E-state index in [2.05, 4.69) is 63.9 Å². The third-order valence-electron chi connectivity index (χ3n) is 4.64. The topological polar surface area (TPSA) is 59.1 Å². The van der Waals surface area contributed by atoms with Crippen molar-refractivity contribution in [1.29, 1.82) is 0 Å². The number of hydrogen-bond acceptors (Lipinski definition) is 6. The maximum atomic E-state index is 5.66. The van der Waals surface area contributed by atoms with Gasteiger partial charge < -0.3 is 15.4 Å². The molecule has 0 radical (unpaired) electrons. The molecule has 0 spiro atoms. The van der Waals surface area contributed by atoms with Crippen LogP contribution in [0.5, 0.6) is 0 Å². The molecule has 1 aromatic carbocycles. The fourth-order valence-corrected chi connectivity index (χ4v) is 4.01. The van der Waals surface area contributed by atoms with Crippen molar-refractivity contribution in [2.75, 3.05) is 31.6 Å². The van der Waals surface area contributed by atoms with Crippen molar-refractivity contribution in [3.8, 4) is 10.4 Å². The molecule has 1 fully saturated rings. The number of nitrogens with zero attached hydrogens (tertiary/aromatic N) is 2. The summed E-state index contributed by atoms with van der Waals surface area (Å²) in [6, 6.07) is 12.7. The van der Waals surface area contributed by atoms with E-state index >= 15 is 0 Å². The fourth-order valence-electron chi connectivity index (χ4n) is 3.19. The third-order valence-corrected chi connectivity index (χ3v) is 5.60. The Bertz CT molecular complexity index is 870. The molecule has 1 unspecified atom stereocenters. The number of pyridine rings is 1. The SMILES string of the molecule is Cc1ccc(-c2cnc(Nc3cc(CC4CNCCOC4)ccn3)s2)cc1. The number of hydrogen-bond donors (Lipinski definition) is 2. The van der Waals surface area contributed by atoms with Gasteiger partial charge in [-0.3, -0.25) is 0 Å². The zero-order chi connectivity index (χ0) is 18.5. The van der Waals surface area contributed by atoms with Crippen LogP contribution in [0, 0.1) is 12.8 Å². The summed E-state index contributed by atoms with van der Waals surface area (Å²) in [6.45, 7) is 5.64. The molecule has 0 bridgehead atoms. The van der Waals surface area contributed by atoms with Crippen LogP contribution in [0.4, 0.5) is 10.9 Å². The Labute approximate surface area is 163 Å². The van der Waals surface area contributed by atoms with E-state index in [4.69, 9.17) is 4.74 Å². The van der Waals surface area contributed by atoms with E-state index < -0.39 is 0 Å². The predicted molar refractivity (Wildman–Crippen MR) is 111 cm³/mol. The standard InChI is InChI=1S/C21H24N4OS/c1-15-2-4-18(5-3-15)19-13-24-21(27-19)25-20-11-16(6-7-23-20)10-17-12-22-8-9-26-14-17/h2-7,11,13,17,22H,8-10,12,14H2,1H3,(H,23,24,25). The van der Waals surface area contributed by atoms with Crippen molar-refractivity contribution in [1.82, 2.24) is 15.3 Å². The van der Waals surface area contributed by atoms with Crippen molar-refractivity contribution < 1.29 is 4.74 Å². The van der Waals surface area contributed by atoms with Gasteiger partial charge in [0.1, 0.15) is 5.82 Å². The van der Waals surface area contributed by atoms with Crippen LogP contribution in [0.2, 0.25) is 0 Å². The van der Waals surface area contributed by atoms with Gasteiger partial charge in [0, 0.05) is 25.5 Å². The van der Waals surface area contributed by atoms with Gasteiger partial charge in [-0.15, -0.1) is 0 Å². The molecule has 140 valence electrons. The Morgan fingerprint density at radius 3 is 3.00 bits per heavy atom. The summed E-state index contributed by atoms with van der Waals surface area (Å²) in [6.07, 6.45) is 4.75. The lowest BCUT2D eigenvalue weighted by Gasteiger charge is -2.14. The summed E-state index contributed by atoms with van der Waals surface area (Å²) in [5.74, 6) is 1.33. The molecule has 0 amide bonds. The lowest BCUT2D eigenvalue weighted by Crippen LogP contribution is -2.24. The number of thiazole rings is 1. The number of nitrogens with one attached hydrogen (secondary N) is 2. The molecular formula is C21H24N4OS. The second-order valence-electron chi connectivity index (χ2n) is 6.92. The first-order valence-electron chi connectivity index (χ1n) is 9.29. The molecule has 1 saturated heterocycles. The van der Waals surface area contributed by atoms with Crippen LogP contribution >= 0.6 is 11.3 Å². The van der Waals surface area contributed by atoms with Crippen LogP contribution in [0.1, 0.15) is 11.1 Å². The number of aryl methyl sites for hydroxylation is 1. The van der Waals surface area contributed by atoms with Crippen LogP contribution in [0.15, 0.2) is 48.8 Å². The van der Waals surface area contributed by atoms with Crippen LogP contribution < -0.4 is 10.6 Å². The second kappa shape index (κ2) is 8.61. The minimum Gasteiger partial charge on any atom is -0.380 e. The number of anilines is 2.